The van der Waals surface area contributed by atoms with E-state index in [1.165, 1.54) is 0 Å². The van der Waals surface area contributed by atoms with Gasteiger partial charge in [0.15, 0.2) is 0 Å². The summed E-state index contributed by atoms with van der Waals surface area (Å²) in [6.45, 7) is 0. The van der Waals surface area contributed by atoms with Gasteiger partial charge in [-0.05, 0) is 44.9 Å². The first-order valence-electron chi connectivity index (χ1n) is 6.19. The molecular weight excluding hydrogens is 286 g/mol. The SMILES string of the molecule is CN=c1ssc(=Nc2ccccc2)n1-c1ccccc1. The second-order valence-electron chi connectivity index (χ2n) is 4.07. The molecule has 0 saturated carbocycles. The van der Waals surface area contributed by atoms with Crippen LogP contribution in [0.3, 0.4) is 0 Å². The van der Waals surface area contributed by atoms with Crippen LogP contribution in [0.1, 0.15) is 0 Å². The van der Waals surface area contributed by atoms with E-state index in [1.54, 1.807) is 20.7 Å². The molecule has 5 heteroatoms. The Kier molecular flexibility index (Phi) is 3.90. The molecule has 0 aliphatic carbocycles. The third-order valence-electron chi connectivity index (χ3n) is 2.76. The van der Waals surface area contributed by atoms with Crippen LogP contribution in [-0.2, 0) is 0 Å². The highest BCUT2D eigenvalue weighted by Crippen LogP contribution is 2.10. The first kappa shape index (κ1) is 13.0. The number of hydrogen-bond donors (Lipinski definition) is 0. The number of hydrogen-bond acceptors (Lipinski definition) is 4. The topological polar surface area (TPSA) is 29.6 Å². The number of aromatic nitrogens is 1. The minimum absolute atomic E-state index is 0.938. The zero-order valence-electron chi connectivity index (χ0n) is 10.9. The number of nitrogens with zero attached hydrogens (tertiary/aromatic N) is 3. The van der Waals surface area contributed by atoms with Crippen LogP contribution in [0.2, 0.25) is 0 Å². The number of rotatable bonds is 2. The van der Waals surface area contributed by atoms with Gasteiger partial charge >= 0.3 is 0 Å². The second-order valence-corrected chi connectivity index (χ2v) is 6.14. The highest BCUT2D eigenvalue weighted by molar-refractivity contribution is 7.67. The minimum atomic E-state index is 0.938. The second kappa shape index (κ2) is 5.98. The van der Waals surface area contributed by atoms with Gasteiger partial charge in [0, 0.05) is 7.05 Å². The largest absolute Gasteiger partial charge is 0.261 e. The molecule has 3 rings (SSSR count). The molecule has 0 unspecified atom stereocenters. The molecule has 2 aromatic carbocycles. The molecule has 3 nitrogen and oxygen atoms in total. The smallest absolute Gasteiger partial charge is 0.206 e. The van der Waals surface area contributed by atoms with Crippen molar-refractivity contribution in [1.29, 1.82) is 0 Å². The van der Waals surface area contributed by atoms with Gasteiger partial charge in [-0.15, -0.1) is 0 Å². The van der Waals surface area contributed by atoms with E-state index < -0.39 is 0 Å². The Balaban J connectivity index is 2.24. The molecule has 0 aliphatic rings. The molecule has 0 spiro atoms. The van der Waals surface area contributed by atoms with Gasteiger partial charge in [-0.1, -0.05) is 36.4 Å². The summed E-state index contributed by atoms with van der Waals surface area (Å²) in [5.74, 6) is 0. The van der Waals surface area contributed by atoms with Gasteiger partial charge in [-0.25, -0.2) is 4.99 Å². The Morgan fingerprint density at radius 3 is 2.05 bits per heavy atom. The number of para-hydroxylation sites is 2. The molecule has 0 radical (unpaired) electrons. The average Bonchev–Trinajstić information content (AvgIpc) is 2.92. The maximum absolute atomic E-state index is 4.72. The quantitative estimate of drug-likeness (QED) is 0.650. The highest BCUT2D eigenvalue weighted by atomic mass is 32.9. The molecule has 0 atom stereocenters. The van der Waals surface area contributed by atoms with Crippen molar-refractivity contribution in [2.24, 2.45) is 9.98 Å². The summed E-state index contributed by atoms with van der Waals surface area (Å²) < 4.78 is 2.09. The molecule has 0 bridgehead atoms. The molecule has 1 heterocycles. The lowest BCUT2D eigenvalue weighted by Crippen LogP contribution is -2.23. The van der Waals surface area contributed by atoms with Gasteiger partial charge in [-0.3, -0.25) is 9.56 Å². The molecule has 0 saturated heterocycles. The van der Waals surface area contributed by atoms with E-state index in [0.29, 0.717) is 0 Å². The van der Waals surface area contributed by atoms with Gasteiger partial charge in [0.1, 0.15) is 0 Å². The lowest BCUT2D eigenvalue weighted by Gasteiger charge is -2.01. The van der Waals surface area contributed by atoms with Crippen LogP contribution in [0.25, 0.3) is 5.69 Å². The van der Waals surface area contributed by atoms with E-state index in [2.05, 4.69) is 21.7 Å². The summed E-state index contributed by atoms with van der Waals surface area (Å²) in [4.78, 5) is 11.0. The van der Waals surface area contributed by atoms with E-state index in [0.717, 1.165) is 21.0 Å². The summed E-state index contributed by atoms with van der Waals surface area (Å²) >= 11 is 0. The van der Waals surface area contributed by atoms with Crippen molar-refractivity contribution in [3.05, 3.63) is 70.3 Å². The Morgan fingerprint density at radius 2 is 1.40 bits per heavy atom. The fourth-order valence-corrected chi connectivity index (χ4v) is 4.03. The summed E-state index contributed by atoms with van der Waals surface area (Å²) in [7, 11) is 5.08. The third kappa shape index (κ3) is 2.64. The Hall–Kier alpha value is -1.98. The zero-order valence-corrected chi connectivity index (χ0v) is 12.6. The molecule has 3 aromatic rings. The lowest BCUT2D eigenvalue weighted by atomic mass is 10.3. The molecule has 0 fully saturated rings. The third-order valence-corrected chi connectivity index (χ3v) is 4.92. The van der Waals surface area contributed by atoms with Crippen LogP contribution in [0.5, 0.6) is 0 Å². The lowest BCUT2D eigenvalue weighted by molar-refractivity contribution is 0.938. The summed E-state index contributed by atoms with van der Waals surface area (Å²) in [6.07, 6.45) is 0. The van der Waals surface area contributed by atoms with Crippen molar-refractivity contribution < 1.29 is 0 Å². The molecule has 100 valence electrons. The van der Waals surface area contributed by atoms with Gasteiger partial charge in [0.2, 0.25) is 9.60 Å². The maximum Gasteiger partial charge on any atom is 0.206 e. The van der Waals surface area contributed by atoms with E-state index in [1.807, 2.05) is 55.6 Å². The predicted octanol–water partition coefficient (Wildman–Crippen LogP) is 3.36. The standard InChI is InChI=1S/C15H13N3S2/c1-16-14-18(13-10-6-3-7-11-13)15(20-19-14)17-12-8-4-2-5-9-12/h2-11H,1H3. The monoisotopic (exact) mass is 299 g/mol. The van der Waals surface area contributed by atoms with Gasteiger partial charge in [0.05, 0.1) is 11.4 Å². The molecule has 0 N–H and O–H groups in total. The average molecular weight is 299 g/mol. The van der Waals surface area contributed by atoms with Crippen molar-refractivity contribution in [2.75, 3.05) is 7.05 Å². The van der Waals surface area contributed by atoms with E-state index in [9.17, 15) is 0 Å². The molecule has 20 heavy (non-hydrogen) atoms. The summed E-state index contributed by atoms with van der Waals surface area (Å²) in [5, 5.41) is 0. The van der Waals surface area contributed by atoms with Crippen LogP contribution in [0.4, 0.5) is 5.69 Å². The van der Waals surface area contributed by atoms with Crippen LogP contribution in [-0.4, -0.2) is 11.6 Å². The first-order valence-corrected chi connectivity index (χ1v) is 8.33. The van der Waals surface area contributed by atoms with Gasteiger partial charge in [-0.2, -0.15) is 0 Å². The van der Waals surface area contributed by atoms with Crippen LogP contribution in [0, 0.1) is 0 Å². The maximum atomic E-state index is 4.72. The van der Waals surface area contributed by atoms with E-state index >= 15 is 0 Å². The van der Waals surface area contributed by atoms with Gasteiger partial charge < -0.3 is 0 Å². The van der Waals surface area contributed by atoms with Crippen molar-refractivity contribution in [2.45, 2.75) is 0 Å². The van der Waals surface area contributed by atoms with Crippen molar-refractivity contribution in [3.8, 4) is 5.69 Å². The highest BCUT2D eigenvalue weighted by Gasteiger charge is 2.03. The normalized spacial score (nSPS) is 12.8. The van der Waals surface area contributed by atoms with Crippen LogP contribution in [0.15, 0.2) is 70.6 Å². The zero-order chi connectivity index (χ0) is 13.8. The van der Waals surface area contributed by atoms with Crippen LogP contribution >= 0.6 is 20.7 Å². The molecular formula is C15H13N3S2. The molecule has 1 aromatic heterocycles. The minimum Gasteiger partial charge on any atom is -0.261 e. The van der Waals surface area contributed by atoms with Gasteiger partial charge in [0.25, 0.3) is 0 Å². The fourth-order valence-electron chi connectivity index (χ4n) is 1.85. The summed E-state index contributed by atoms with van der Waals surface area (Å²) in [5.41, 5.74) is 2.04. The predicted molar refractivity (Wildman–Crippen MR) is 84.7 cm³/mol. The van der Waals surface area contributed by atoms with E-state index in [-0.39, 0.29) is 0 Å². The van der Waals surface area contributed by atoms with Crippen molar-refractivity contribution in [3.63, 3.8) is 0 Å². The van der Waals surface area contributed by atoms with Crippen molar-refractivity contribution in [1.82, 2.24) is 4.57 Å². The fraction of sp³-hybridized carbons (Fsp3) is 0.0667. The first-order chi connectivity index (χ1) is 9.88. The number of benzene rings is 2. The Bertz CT molecular complexity index is 811. The van der Waals surface area contributed by atoms with Crippen molar-refractivity contribution >= 4 is 26.4 Å². The van der Waals surface area contributed by atoms with Crippen LogP contribution < -0.4 is 9.60 Å². The summed E-state index contributed by atoms with van der Waals surface area (Å²) in [6, 6.07) is 20.2. The Labute approximate surface area is 124 Å². The Morgan fingerprint density at radius 1 is 0.800 bits per heavy atom. The molecule has 0 amide bonds. The van der Waals surface area contributed by atoms with E-state index in [4.69, 9.17) is 4.99 Å². The molecule has 0 aliphatic heterocycles.